The van der Waals surface area contributed by atoms with Crippen LogP contribution in [0.4, 0.5) is 5.69 Å². The van der Waals surface area contributed by atoms with Gasteiger partial charge < -0.3 is 9.64 Å². The molecular weight excluding hydrogens is 370 g/mol. The summed E-state index contributed by atoms with van der Waals surface area (Å²) in [5.74, 6) is -1.12. The van der Waals surface area contributed by atoms with Crippen LogP contribution in [0.3, 0.4) is 0 Å². The maximum atomic E-state index is 12.8. The molecule has 0 aliphatic carbocycles. The Morgan fingerprint density at radius 1 is 0.966 bits per heavy atom. The van der Waals surface area contributed by atoms with E-state index >= 15 is 0 Å². The second kappa shape index (κ2) is 8.26. The van der Waals surface area contributed by atoms with Crippen LogP contribution in [0.1, 0.15) is 37.3 Å². The van der Waals surface area contributed by atoms with Crippen molar-refractivity contribution in [3.8, 4) is 0 Å². The van der Waals surface area contributed by atoms with Crippen LogP contribution in [0, 0.1) is 0 Å². The third kappa shape index (κ3) is 4.03. The zero-order valence-electron chi connectivity index (χ0n) is 16.8. The lowest BCUT2D eigenvalue weighted by molar-refractivity contribution is -0.126. The number of esters is 1. The van der Waals surface area contributed by atoms with Crippen molar-refractivity contribution in [3.63, 3.8) is 0 Å². The molecule has 0 saturated heterocycles. The van der Waals surface area contributed by atoms with Crippen LogP contribution in [-0.4, -0.2) is 34.8 Å². The molecule has 150 valence electrons. The molecule has 1 aromatic heterocycles. The highest BCUT2D eigenvalue weighted by Gasteiger charge is 2.26. The number of nitrogens with zero attached hydrogens (tertiary/aromatic N) is 3. The van der Waals surface area contributed by atoms with Gasteiger partial charge in [0.2, 0.25) is 0 Å². The van der Waals surface area contributed by atoms with E-state index in [1.165, 1.54) is 16.5 Å². The van der Waals surface area contributed by atoms with Crippen LogP contribution < -0.4 is 10.5 Å². The van der Waals surface area contributed by atoms with E-state index in [4.69, 9.17) is 4.74 Å². The zero-order chi connectivity index (χ0) is 21.1. The monoisotopic (exact) mass is 393 g/mol. The van der Waals surface area contributed by atoms with Gasteiger partial charge in [-0.05, 0) is 39.0 Å². The lowest BCUT2D eigenvalue weighted by atomic mass is 10.1. The minimum absolute atomic E-state index is 0.0101. The van der Waals surface area contributed by atoms with Crippen LogP contribution in [0.15, 0.2) is 59.4 Å². The lowest BCUT2D eigenvalue weighted by Gasteiger charge is -2.21. The topological polar surface area (TPSA) is 81.5 Å². The van der Waals surface area contributed by atoms with Gasteiger partial charge in [-0.25, -0.2) is 9.48 Å². The Balaban J connectivity index is 1.91. The van der Waals surface area contributed by atoms with Crippen LogP contribution >= 0.6 is 0 Å². The number of aromatic nitrogens is 2. The molecule has 0 fully saturated rings. The van der Waals surface area contributed by atoms with Crippen LogP contribution in [0.2, 0.25) is 0 Å². The van der Waals surface area contributed by atoms with Gasteiger partial charge in [0.25, 0.3) is 11.5 Å². The predicted octanol–water partition coefficient (Wildman–Crippen LogP) is 3.19. The summed E-state index contributed by atoms with van der Waals surface area (Å²) in [6.07, 6.45) is -1.02. The molecule has 2 aromatic carbocycles. The Labute approximate surface area is 168 Å². The van der Waals surface area contributed by atoms with E-state index in [0.29, 0.717) is 16.5 Å². The molecule has 0 aliphatic rings. The number of anilines is 1. The van der Waals surface area contributed by atoms with Crippen LogP contribution in [-0.2, 0) is 9.53 Å². The van der Waals surface area contributed by atoms with Gasteiger partial charge >= 0.3 is 5.97 Å². The zero-order valence-corrected chi connectivity index (χ0v) is 16.8. The van der Waals surface area contributed by atoms with E-state index in [9.17, 15) is 14.4 Å². The molecule has 7 nitrogen and oxygen atoms in total. The SMILES string of the molecule is CC(C)n1nc(C(=O)O[C@@H](C)C(=O)N(C)c2ccccc2)c2ccccc2c1=O. The minimum Gasteiger partial charge on any atom is -0.448 e. The third-order valence-electron chi connectivity index (χ3n) is 4.62. The van der Waals surface area contributed by atoms with Crippen molar-refractivity contribution in [1.29, 1.82) is 0 Å². The molecule has 0 N–H and O–H groups in total. The van der Waals surface area contributed by atoms with Gasteiger partial charge in [0.05, 0.1) is 11.4 Å². The van der Waals surface area contributed by atoms with Crippen molar-refractivity contribution in [2.24, 2.45) is 0 Å². The molecule has 0 aliphatic heterocycles. The first-order valence-corrected chi connectivity index (χ1v) is 9.36. The normalized spacial score (nSPS) is 12.0. The van der Waals surface area contributed by atoms with Crippen LogP contribution in [0.5, 0.6) is 0 Å². The highest BCUT2D eigenvalue weighted by atomic mass is 16.5. The molecule has 1 heterocycles. The second-order valence-electron chi connectivity index (χ2n) is 7.02. The molecule has 7 heteroatoms. The van der Waals surface area contributed by atoms with E-state index in [1.54, 1.807) is 57.3 Å². The number of fused-ring (bicyclic) bond motifs is 1. The number of carbonyl (C=O) groups is 2. The summed E-state index contributed by atoms with van der Waals surface area (Å²) < 4.78 is 6.67. The van der Waals surface area contributed by atoms with Crippen LogP contribution in [0.25, 0.3) is 10.8 Å². The predicted molar refractivity (Wildman–Crippen MR) is 111 cm³/mol. The summed E-state index contributed by atoms with van der Waals surface area (Å²) in [6.45, 7) is 5.12. The highest BCUT2D eigenvalue weighted by molar-refractivity contribution is 6.04. The first-order valence-electron chi connectivity index (χ1n) is 9.36. The number of carbonyl (C=O) groups excluding carboxylic acids is 2. The second-order valence-corrected chi connectivity index (χ2v) is 7.02. The van der Waals surface area contributed by atoms with Gasteiger partial charge in [0.15, 0.2) is 11.8 Å². The number of para-hydroxylation sites is 1. The maximum Gasteiger partial charge on any atom is 0.360 e. The summed E-state index contributed by atoms with van der Waals surface area (Å²) in [4.78, 5) is 39.6. The number of hydrogen-bond acceptors (Lipinski definition) is 5. The quantitative estimate of drug-likeness (QED) is 0.622. The molecule has 0 bridgehead atoms. The first kappa shape index (κ1) is 20.3. The molecule has 1 amide bonds. The van der Waals surface area contributed by atoms with E-state index < -0.39 is 12.1 Å². The number of ether oxygens (including phenoxy) is 1. The highest BCUT2D eigenvalue weighted by Crippen LogP contribution is 2.18. The fourth-order valence-corrected chi connectivity index (χ4v) is 3.03. The molecule has 0 radical (unpaired) electrons. The number of amides is 1. The summed E-state index contributed by atoms with van der Waals surface area (Å²) in [5.41, 5.74) is 0.424. The number of likely N-dealkylation sites (N-methyl/N-ethyl adjacent to an activating group) is 1. The Morgan fingerprint density at radius 3 is 2.17 bits per heavy atom. The summed E-state index contributed by atoms with van der Waals surface area (Å²) >= 11 is 0. The summed E-state index contributed by atoms with van der Waals surface area (Å²) in [5, 5.41) is 5.00. The van der Waals surface area contributed by atoms with Gasteiger partial charge in [0.1, 0.15) is 0 Å². The largest absolute Gasteiger partial charge is 0.448 e. The van der Waals surface area contributed by atoms with Crippen molar-refractivity contribution >= 4 is 28.3 Å². The van der Waals surface area contributed by atoms with Gasteiger partial charge in [-0.2, -0.15) is 5.10 Å². The van der Waals surface area contributed by atoms with Crippen molar-refractivity contribution in [2.45, 2.75) is 32.9 Å². The Morgan fingerprint density at radius 2 is 1.55 bits per heavy atom. The van der Waals surface area contributed by atoms with E-state index in [-0.39, 0.29) is 23.2 Å². The van der Waals surface area contributed by atoms with Crippen molar-refractivity contribution < 1.29 is 14.3 Å². The van der Waals surface area contributed by atoms with Crippen molar-refractivity contribution in [1.82, 2.24) is 9.78 Å². The Hall–Kier alpha value is -3.48. The molecule has 1 atom stereocenters. The van der Waals surface area contributed by atoms with E-state index in [2.05, 4.69) is 5.10 Å². The van der Waals surface area contributed by atoms with Crippen molar-refractivity contribution in [3.05, 3.63) is 70.6 Å². The minimum atomic E-state index is -1.02. The summed E-state index contributed by atoms with van der Waals surface area (Å²) in [7, 11) is 1.62. The van der Waals surface area contributed by atoms with E-state index in [1.807, 2.05) is 18.2 Å². The fraction of sp³-hybridized carbons (Fsp3) is 0.273. The van der Waals surface area contributed by atoms with Gasteiger partial charge in [-0.1, -0.05) is 36.4 Å². The molecule has 3 aromatic rings. The number of rotatable bonds is 5. The lowest BCUT2D eigenvalue weighted by Crippen LogP contribution is -2.38. The average molecular weight is 393 g/mol. The summed E-state index contributed by atoms with van der Waals surface area (Å²) in [6, 6.07) is 15.6. The van der Waals surface area contributed by atoms with Gasteiger partial charge in [-0.15, -0.1) is 0 Å². The molecule has 0 saturated carbocycles. The van der Waals surface area contributed by atoms with Crippen molar-refractivity contribution in [2.75, 3.05) is 11.9 Å². The number of benzene rings is 2. The Kier molecular flexibility index (Phi) is 5.77. The maximum absolute atomic E-state index is 12.8. The fourth-order valence-electron chi connectivity index (χ4n) is 3.03. The Bertz CT molecular complexity index is 1110. The van der Waals surface area contributed by atoms with Gasteiger partial charge in [-0.3, -0.25) is 9.59 Å². The first-order chi connectivity index (χ1) is 13.8. The number of hydrogen-bond donors (Lipinski definition) is 0. The molecular formula is C22H23N3O4. The molecule has 29 heavy (non-hydrogen) atoms. The molecule has 3 rings (SSSR count). The molecule has 0 spiro atoms. The average Bonchev–Trinajstić information content (AvgIpc) is 2.73. The van der Waals surface area contributed by atoms with Gasteiger partial charge in [0, 0.05) is 18.1 Å². The smallest absolute Gasteiger partial charge is 0.360 e. The van der Waals surface area contributed by atoms with E-state index in [0.717, 1.165) is 0 Å². The standard InChI is InChI=1S/C22H23N3O4/c1-14(2)25-21(27)18-13-9-8-12-17(18)19(23-25)22(28)29-15(3)20(26)24(4)16-10-6-5-7-11-16/h5-15H,1-4H3/t15-/m0/s1. The third-order valence-corrected chi connectivity index (χ3v) is 4.62. The molecule has 0 unspecified atom stereocenters.